The summed E-state index contributed by atoms with van der Waals surface area (Å²) < 4.78 is 6.96. The summed E-state index contributed by atoms with van der Waals surface area (Å²) in [5, 5.41) is 10.1. The van der Waals surface area contributed by atoms with E-state index in [1.165, 1.54) is 18.4 Å². The molecule has 0 saturated carbocycles. The van der Waals surface area contributed by atoms with Crippen molar-refractivity contribution in [2.24, 2.45) is 0 Å². The second kappa shape index (κ2) is 8.06. The van der Waals surface area contributed by atoms with Crippen LogP contribution in [0.3, 0.4) is 0 Å². The molecule has 0 spiro atoms. The minimum Gasteiger partial charge on any atom is -0.493 e. The molecule has 0 atom stereocenters. The van der Waals surface area contributed by atoms with Gasteiger partial charge in [-0.3, -0.25) is 4.79 Å². The van der Waals surface area contributed by atoms with E-state index in [9.17, 15) is 4.79 Å². The van der Waals surface area contributed by atoms with Crippen molar-refractivity contribution in [3.05, 3.63) is 82.9 Å². The Hall–Kier alpha value is -3.45. The van der Waals surface area contributed by atoms with Gasteiger partial charge in [0.05, 0.1) is 31.2 Å². The van der Waals surface area contributed by atoms with E-state index < -0.39 is 0 Å². The van der Waals surface area contributed by atoms with E-state index in [1.54, 1.807) is 10.9 Å². The molecule has 0 unspecified atom stereocenters. The fourth-order valence-corrected chi connectivity index (χ4v) is 3.49. The first-order valence-electron chi connectivity index (χ1n) is 8.71. The van der Waals surface area contributed by atoms with Gasteiger partial charge in [-0.2, -0.15) is 5.10 Å². The van der Waals surface area contributed by atoms with E-state index in [4.69, 9.17) is 4.74 Å². The van der Waals surface area contributed by atoms with Gasteiger partial charge >= 0.3 is 0 Å². The second-order valence-corrected chi connectivity index (χ2v) is 6.94. The van der Waals surface area contributed by atoms with Gasteiger partial charge in [-0.05, 0) is 12.1 Å². The molecule has 4 aromatic rings. The summed E-state index contributed by atoms with van der Waals surface area (Å²) >= 11 is 1.51. The number of carbonyl (C=O) groups excluding carboxylic acids is 1. The first-order valence-corrected chi connectivity index (χ1v) is 9.59. The van der Waals surface area contributed by atoms with Crippen molar-refractivity contribution in [2.75, 3.05) is 7.11 Å². The Balaban J connectivity index is 1.47. The Kier molecular flexibility index (Phi) is 5.16. The fraction of sp³-hybridized carbons (Fsp3) is 0.0952. The molecule has 4 rings (SSSR count). The van der Waals surface area contributed by atoms with Gasteiger partial charge < -0.3 is 10.1 Å². The van der Waals surface area contributed by atoms with Crippen LogP contribution in [-0.4, -0.2) is 27.8 Å². The minimum absolute atomic E-state index is 0.242. The standard InChI is InChI=1S/C21H18N4O2S/c1-27-18-13-25(16-10-6-3-7-11-16)24-20(18)21(26)22-12-19-23-17(14-28-19)15-8-4-2-5-9-15/h2-11,13-14H,12H2,1H3,(H,22,26). The molecule has 0 bridgehead atoms. The average molecular weight is 390 g/mol. The molecule has 7 heteroatoms. The summed E-state index contributed by atoms with van der Waals surface area (Å²) in [4.78, 5) is 17.2. The Bertz CT molecular complexity index is 1070. The lowest BCUT2D eigenvalue weighted by atomic mass is 10.2. The van der Waals surface area contributed by atoms with Crippen LogP contribution >= 0.6 is 11.3 Å². The lowest BCUT2D eigenvalue weighted by molar-refractivity contribution is 0.0942. The number of hydrogen-bond donors (Lipinski definition) is 1. The molecular formula is C21H18N4O2S. The molecule has 1 N–H and O–H groups in total. The molecule has 1 amide bonds. The Morgan fingerprint density at radius 2 is 1.82 bits per heavy atom. The van der Waals surface area contributed by atoms with Gasteiger partial charge in [0.1, 0.15) is 5.01 Å². The third-order valence-corrected chi connectivity index (χ3v) is 5.01. The van der Waals surface area contributed by atoms with Crippen LogP contribution in [0.2, 0.25) is 0 Å². The lowest BCUT2D eigenvalue weighted by Gasteiger charge is -2.02. The number of para-hydroxylation sites is 1. The van der Waals surface area contributed by atoms with Crippen LogP contribution in [0.25, 0.3) is 16.9 Å². The van der Waals surface area contributed by atoms with E-state index >= 15 is 0 Å². The molecular weight excluding hydrogens is 372 g/mol. The normalized spacial score (nSPS) is 10.6. The van der Waals surface area contributed by atoms with Gasteiger partial charge in [0, 0.05) is 10.9 Å². The van der Waals surface area contributed by atoms with Gasteiger partial charge in [-0.1, -0.05) is 48.5 Å². The zero-order valence-electron chi connectivity index (χ0n) is 15.2. The number of methoxy groups -OCH3 is 1. The number of benzene rings is 2. The number of hydrogen-bond acceptors (Lipinski definition) is 5. The predicted octanol–water partition coefficient (Wildman–Crippen LogP) is 3.93. The van der Waals surface area contributed by atoms with Crippen LogP contribution in [0.5, 0.6) is 5.75 Å². The van der Waals surface area contributed by atoms with Crippen molar-refractivity contribution in [3.8, 4) is 22.7 Å². The molecule has 0 aliphatic heterocycles. The third kappa shape index (κ3) is 3.79. The number of nitrogens with one attached hydrogen (secondary N) is 1. The predicted molar refractivity (Wildman–Crippen MR) is 109 cm³/mol. The van der Waals surface area contributed by atoms with E-state index in [0.29, 0.717) is 12.3 Å². The van der Waals surface area contributed by atoms with Crippen molar-refractivity contribution in [3.63, 3.8) is 0 Å². The molecule has 0 aliphatic carbocycles. The minimum atomic E-state index is -0.303. The maximum atomic E-state index is 12.6. The lowest BCUT2D eigenvalue weighted by Crippen LogP contribution is -2.23. The summed E-state index contributed by atoms with van der Waals surface area (Å²) in [5.41, 5.74) is 3.05. The second-order valence-electron chi connectivity index (χ2n) is 6.00. The highest BCUT2D eigenvalue weighted by atomic mass is 32.1. The Labute approximate surface area is 166 Å². The van der Waals surface area contributed by atoms with Gasteiger partial charge in [0.15, 0.2) is 11.4 Å². The van der Waals surface area contributed by atoms with E-state index in [2.05, 4.69) is 15.4 Å². The van der Waals surface area contributed by atoms with Crippen LogP contribution in [0, 0.1) is 0 Å². The molecule has 2 aromatic carbocycles. The van der Waals surface area contributed by atoms with Crippen LogP contribution in [0.15, 0.2) is 72.2 Å². The van der Waals surface area contributed by atoms with Crippen molar-refractivity contribution in [2.45, 2.75) is 6.54 Å². The number of rotatable bonds is 6. The highest BCUT2D eigenvalue weighted by Gasteiger charge is 2.18. The van der Waals surface area contributed by atoms with Crippen LogP contribution in [0.4, 0.5) is 0 Å². The molecule has 0 aliphatic rings. The summed E-state index contributed by atoms with van der Waals surface area (Å²) in [6, 6.07) is 19.5. The maximum Gasteiger partial charge on any atom is 0.276 e. The Morgan fingerprint density at radius 1 is 1.11 bits per heavy atom. The number of nitrogens with zero attached hydrogens (tertiary/aromatic N) is 3. The monoisotopic (exact) mass is 390 g/mol. The summed E-state index contributed by atoms with van der Waals surface area (Å²) in [6.45, 7) is 0.331. The number of carbonyl (C=O) groups is 1. The van der Waals surface area contributed by atoms with Crippen molar-refractivity contribution in [1.82, 2.24) is 20.1 Å². The molecule has 0 fully saturated rings. The first kappa shape index (κ1) is 17.9. The van der Waals surface area contributed by atoms with Gasteiger partial charge in [-0.25, -0.2) is 9.67 Å². The quantitative estimate of drug-likeness (QED) is 0.542. The zero-order chi connectivity index (χ0) is 19.3. The van der Waals surface area contributed by atoms with Crippen LogP contribution in [-0.2, 0) is 6.54 Å². The number of amides is 1. The SMILES string of the molecule is COc1cn(-c2ccccc2)nc1C(=O)NCc1nc(-c2ccccc2)cs1. The summed E-state index contributed by atoms with van der Waals surface area (Å²) in [5.74, 6) is 0.119. The highest BCUT2D eigenvalue weighted by molar-refractivity contribution is 7.09. The van der Waals surface area contributed by atoms with Crippen molar-refractivity contribution < 1.29 is 9.53 Å². The molecule has 0 saturated heterocycles. The molecule has 140 valence electrons. The zero-order valence-corrected chi connectivity index (χ0v) is 16.0. The average Bonchev–Trinajstić information content (AvgIpc) is 3.40. The molecule has 6 nitrogen and oxygen atoms in total. The molecule has 0 radical (unpaired) electrons. The van der Waals surface area contributed by atoms with Crippen LogP contribution < -0.4 is 10.1 Å². The number of thiazole rings is 1. The largest absolute Gasteiger partial charge is 0.493 e. The highest BCUT2D eigenvalue weighted by Crippen LogP contribution is 2.22. The van der Waals surface area contributed by atoms with Gasteiger partial charge in [-0.15, -0.1) is 11.3 Å². The molecule has 2 heterocycles. The van der Waals surface area contributed by atoms with Crippen molar-refractivity contribution >= 4 is 17.2 Å². The van der Waals surface area contributed by atoms with Crippen LogP contribution in [0.1, 0.15) is 15.5 Å². The van der Waals surface area contributed by atoms with E-state index in [0.717, 1.165) is 22.0 Å². The third-order valence-electron chi connectivity index (χ3n) is 4.16. The smallest absolute Gasteiger partial charge is 0.276 e. The number of ether oxygens (including phenoxy) is 1. The van der Waals surface area contributed by atoms with Crippen molar-refractivity contribution in [1.29, 1.82) is 0 Å². The summed E-state index contributed by atoms with van der Waals surface area (Å²) in [7, 11) is 1.52. The van der Waals surface area contributed by atoms with E-state index in [-0.39, 0.29) is 11.6 Å². The summed E-state index contributed by atoms with van der Waals surface area (Å²) in [6.07, 6.45) is 1.70. The first-order chi connectivity index (χ1) is 13.7. The van der Waals surface area contributed by atoms with Gasteiger partial charge in [0.2, 0.25) is 0 Å². The molecule has 28 heavy (non-hydrogen) atoms. The fourth-order valence-electron chi connectivity index (χ4n) is 2.75. The maximum absolute atomic E-state index is 12.6. The Morgan fingerprint density at radius 3 is 2.54 bits per heavy atom. The van der Waals surface area contributed by atoms with Gasteiger partial charge in [0.25, 0.3) is 5.91 Å². The molecule has 2 aromatic heterocycles. The topological polar surface area (TPSA) is 69.0 Å². The van der Waals surface area contributed by atoms with E-state index in [1.807, 2.05) is 66.0 Å². The number of aromatic nitrogens is 3.